The second kappa shape index (κ2) is 15.6. The van der Waals surface area contributed by atoms with Gasteiger partial charge >= 0.3 is 0 Å². The first kappa shape index (κ1) is 35.1. The molecular weight excluding hydrogens is 745 g/mol. The number of hydrogen-bond donors (Lipinski definition) is 0. The Labute approximate surface area is 346 Å². The van der Waals surface area contributed by atoms with E-state index in [1.165, 1.54) is 96.0 Å². The zero-order valence-electron chi connectivity index (χ0n) is 31.0. The van der Waals surface area contributed by atoms with E-state index in [2.05, 4.69) is 218 Å². The van der Waals surface area contributed by atoms with Crippen molar-refractivity contribution < 1.29 is 0 Å². The predicted molar refractivity (Wildman–Crippen MR) is 249 cm³/mol. The molecular formula is C54H36S3. The van der Waals surface area contributed by atoms with Crippen LogP contribution in [-0.2, 0) is 0 Å². The third-order valence-electron chi connectivity index (χ3n) is 10.4. The van der Waals surface area contributed by atoms with Gasteiger partial charge in [-0.05, 0) is 121 Å². The summed E-state index contributed by atoms with van der Waals surface area (Å²) in [6.45, 7) is 0. The largest absolute Gasteiger partial charge is 0.135 e. The first-order chi connectivity index (χ1) is 28.2. The molecule has 270 valence electrons. The molecule has 0 bridgehead atoms. The lowest BCUT2D eigenvalue weighted by Crippen LogP contribution is -1.82. The van der Waals surface area contributed by atoms with Crippen LogP contribution in [0, 0.1) is 0 Å². The summed E-state index contributed by atoms with van der Waals surface area (Å²) in [6.07, 6.45) is 0. The van der Waals surface area contributed by atoms with Gasteiger partial charge in [-0.3, -0.25) is 0 Å². The third-order valence-corrected chi connectivity index (χ3v) is 13.9. The maximum absolute atomic E-state index is 2.39. The number of hydrogen-bond acceptors (Lipinski definition) is 3. The molecule has 0 radical (unpaired) electrons. The average molecular weight is 781 g/mol. The van der Waals surface area contributed by atoms with Gasteiger partial charge in [0.05, 0.1) is 0 Å². The Morgan fingerprint density at radius 1 is 0.175 bits per heavy atom. The second-order valence-corrected chi connectivity index (χ2v) is 17.3. The minimum atomic E-state index is 1.23. The zero-order chi connectivity index (χ0) is 38.0. The molecule has 0 fully saturated rings. The molecule has 0 spiro atoms. The molecule has 0 atom stereocenters. The topological polar surface area (TPSA) is 0 Å². The van der Waals surface area contributed by atoms with Gasteiger partial charge < -0.3 is 0 Å². The van der Waals surface area contributed by atoms with Crippen LogP contribution in [0.2, 0.25) is 0 Å². The van der Waals surface area contributed by atoms with Crippen molar-refractivity contribution in [3.05, 3.63) is 218 Å². The van der Waals surface area contributed by atoms with Gasteiger partial charge in [-0.2, -0.15) is 0 Å². The van der Waals surface area contributed by atoms with Crippen LogP contribution in [0.15, 0.2) is 218 Å². The summed E-state index contributed by atoms with van der Waals surface area (Å²) in [4.78, 5) is 7.57. The number of benzene rings is 7. The molecule has 0 aliphatic carbocycles. The monoisotopic (exact) mass is 780 g/mol. The smallest absolute Gasteiger partial charge is 0.0355 e. The molecule has 10 aromatic rings. The predicted octanol–water partition coefficient (Wildman–Crippen LogP) is 16.9. The maximum atomic E-state index is 2.39. The van der Waals surface area contributed by atoms with E-state index in [0.29, 0.717) is 0 Å². The molecule has 0 nitrogen and oxygen atoms in total. The zero-order valence-corrected chi connectivity index (χ0v) is 33.5. The summed E-state index contributed by atoms with van der Waals surface area (Å²) in [5.41, 5.74) is 14.9. The van der Waals surface area contributed by atoms with Crippen LogP contribution >= 0.6 is 34.0 Å². The fourth-order valence-corrected chi connectivity index (χ4v) is 10.8. The normalized spacial score (nSPS) is 11.2. The SMILES string of the molecule is c1ccc(-c2ccccc2-c2ccc(-c3cc(-c4ccc(-c5ccccc5-c5ccccc5)s4)cc(-c4ccc(-c5ccccc5-c5ccccc5)s4)c3)s2)cc1. The van der Waals surface area contributed by atoms with Crippen molar-refractivity contribution in [3.63, 3.8) is 0 Å². The molecule has 3 aromatic heterocycles. The summed E-state index contributed by atoms with van der Waals surface area (Å²) >= 11 is 5.60. The molecule has 57 heavy (non-hydrogen) atoms. The Hall–Kier alpha value is -6.36. The number of thiophene rings is 3. The van der Waals surface area contributed by atoms with Crippen molar-refractivity contribution in [2.75, 3.05) is 0 Å². The molecule has 0 amide bonds. The van der Waals surface area contributed by atoms with E-state index in [1.807, 2.05) is 34.0 Å². The molecule has 0 N–H and O–H groups in total. The molecule has 0 aliphatic heterocycles. The Morgan fingerprint density at radius 3 is 0.684 bits per heavy atom. The Morgan fingerprint density at radius 2 is 0.404 bits per heavy atom. The summed E-state index contributed by atoms with van der Waals surface area (Å²) < 4.78 is 0. The fourth-order valence-electron chi connectivity index (χ4n) is 7.67. The van der Waals surface area contributed by atoms with Crippen molar-refractivity contribution in [1.29, 1.82) is 0 Å². The van der Waals surface area contributed by atoms with E-state index in [4.69, 9.17) is 0 Å². The Balaban J connectivity index is 1.08. The van der Waals surface area contributed by atoms with Gasteiger partial charge in [-0.15, -0.1) is 34.0 Å². The Kier molecular flexibility index (Phi) is 9.63. The second-order valence-electron chi connectivity index (χ2n) is 14.0. The quantitative estimate of drug-likeness (QED) is 0.137. The molecule has 0 saturated carbocycles. The van der Waals surface area contributed by atoms with Gasteiger partial charge in [0, 0.05) is 29.3 Å². The van der Waals surface area contributed by atoms with E-state index in [1.54, 1.807) is 0 Å². The van der Waals surface area contributed by atoms with Crippen LogP contribution in [0.25, 0.3) is 96.0 Å². The highest BCUT2D eigenvalue weighted by atomic mass is 32.1. The molecule has 3 heteroatoms. The Bertz CT molecular complexity index is 2610. The van der Waals surface area contributed by atoms with E-state index >= 15 is 0 Å². The lowest BCUT2D eigenvalue weighted by atomic mass is 9.98. The van der Waals surface area contributed by atoms with E-state index in [9.17, 15) is 0 Å². The van der Waals surface area contributed by atoms with E-state index < -0.39 is 0 Å². The minimum Gasteiger partial charge on any atom is -0.135 e. The summed E-state index contributed by atoms with van der Waals surface area (Å²) in [5.74, 6) is 0. The third kappa shape index (κ3) is 7.14. The standard InChI is InChI=1S/C54H36S3/c1-4-16-37(17-5-1)43-22-10-13-25-46(43)52-31-28-49(55-52)40-34-41(50-29-32-53(56-50)47-26-14-11-23-44(47)38-18-6-2-7-19-38)36-42(35-40)51-30-33-54(57-51)48-27-15-12-24-45(48)39-20-8-3-9-21-39/h1-36H. The van der Waals surface area contributed by atoms with Crippen LogP contribution in [0.5, 0.6) is 0 Å². The number of rotatable bonds is 9. The van der Waals surface area contributed by atoms with Crippen LogP contribution in [0.4, 0.5) is 0 Å². The van der Waals surface area contributed by atoms with Crippen molar-refractivity contribution in [2.45, 2.75) is 0 Å². The van der Waals surface area contributed by atoms with E-state index in [0.717, 1.165) is 0 Å². The van der Waals surface area contributed by atoms with Crippen molar-refractivity contribution >= 4 is 34.0 Å². The van der Waals surface area contributed by atoms with Crippen molar-refractivity contribution in [2.24, 2.45) is 0 Å². The summed E-state index contributed by atoms with van der Waals surface area (Å²) in [6, 6.07) is 79.4. The van der Waals surface area contributed by atoms with Gasteiger partial charge in [0.25, 0.3) is 0 Å². The highest BCUT2D eigenvalue weighted by Gasteiger charge is 2.17. The van der Waals surface area contributed by atoms with Crippen molar-refractivity contribution in [3.8, 4) is 96.0 Å². The van der Waals surface area contributed by atoms with Gasteiger partial charge in [0.1, 0.15) is 0 Å². The molecule has 10 rings (SSSR count). The van der Waals surface area contributed by atoms with Crippen LogP contribution in [0.3, 0.4) is 0 Å². The molecule has 3 heterocycles. The van der Waals surface area contributed by atoms with Crippen LogP contribution < -0.4 is 0 Å². The van der Waals surface area contributed by atoms with Gasteiger partial charge in [-0.1, -0.05) is 164 Å². The lowest BCUT2D eigenvalue weighted by Gasteiger charge is -2.10. The van der Waals surface area contributed by atoms with Crippen LogP contribution in [0.1, 0.15) is 0 Å². The fraction of sp³-hybridized carbons (Fsp3) is 0. The van der Waals surface area contributed by atoms with Crippen molar-refractivity contribution in [1.82, 2.24) is 0 Å². The molecule has 7 aromatic carbocycles. The summed E-state index contributed by atoms with van der Waals surface area (Å²) in [7, 11) is 0. The van der Waals surface area contributed by atoms with Gasteiger partial charge in [0.15, 0.2) is 0 Å². The molecule has 0 unspecified atom stereocenters. The first-order valence-corrected chi connectivity index (χ1v) is 21.6. The average Bonchev–Trinajstić information content (AvgIpc) is 4.10. The highest BCUT2D eigenvalue weighted by Crippen LogP contribution is 2.46. The summed E-state index contributed by atoms with van der Waals surface area (Å²) in [5, 5.41) is 0. The molecule has 0 saturated heterocycles. The minimum absolute atomic E-state index is 1.23. The van der Waals surface area contributed by atoms with Gasteiger partial charge in [0.2, 0.25) is 0 Å². The van der Waals surface area contributed by atoms with E-state index in [-0.39, 0.29) is 0 Å². The first-order valence-electron chi connectivity index (χ1n) is 19.2. The lowest BCUT2D eigenvalue weighted by molar-refractivity contribution is 1.61. The van der Waals surface area contributed by atoms with Gasteiger partial charge in [-0.25, -0.2) is 0 Å². The molecule has 0 aliphatic rings. The highest BCUT2D eigenvalue weighted by molar-refractivity contribution is 7.20. The van der Waals surface area contributed by atoms with Crippen LogP contribution in [-0.4, -0.2) is 0 Å². The maximum Gasteiger partial charge on any atom is 0.0355 e.